The molecule has 2 aliphatic rings. The maximum Gasteiger partial charge on any atom is 0.316 e. The molecule has 10 nitrogen and oxygen atoms in total. The number of hydrogen-bond donors (Lipinski definition) is 2. The summed E-state index contributed by atoms with van der Waals surface area (Å²) >= 11 is 5.94. The van der Waals surface area contributed by atoms with Crippen LogP contribution in [0.15, 0.2) is 97.7 Å². The highest BCUT2D eigenvalue weighted by atomic mass is 35.5. The largest absolute Gasteiger partial charge is 0.351 e. The van der Waals surface area contributed by atoms with Crippen molar-refractivity contribution in [2.45, 2.75) is 29.7 Å². The number of rotatable bonds is 7. The molecule has 5 rings (SSSR count). The van der Waals surface area contributed by atoms with Crippen LogP contribution in [0.2, 0.25) is 5.02 Å². The normalized spacial score (nSPS) is 21.5. The monoisotopic (exact) mass is 616 g/mol. The van der Waals surface area contributed by atoms with E-state index in [-0.39, 0.29) is 41.1 Å². The molecule has 3 aromatic carbocycles. The van der Waals surface area contributed by atoms with Gasteiger partial charge in [-0.3, -0.25) is 0 Å². The summed E-state index contributed by atoms with van der Waals surface area (Å²) in [7, 11) is -8.16. The fourth-order valence-corrected chi connectivity index (χ4v) is 6.07. The first kappa shape index (κ1) is 28.9. The van der Waals surface area contributed by atoms with Crippen LogP contribution in [0.25, 0.3) is 0 Å². The van der Waals surface area contributed by atoms with Gasteiger partial charge in [-0.1, -0.05) is 54.1 Å². The molecule has 1 aliphatic carbocycles. The fraction of sp³-hybridized carbons (Fsp3) is 0.222. The standard InChI is InChI=1S/C27H26ClFN6O4S2/c28-21-8-12-24(13-9-21)40(36,37)34-27(32-23-14-18(15-23)16-31-41(30,38)39)35-17-25(19-4-2-1-3-5-19)26(33-35)20-6-10-22(29)11-7-20/h1-13,16,18,23,25H,14-15,17H2,(H,32,34)(H2,30,38,39)/b31-16+/t18?,23?,25-/m1/s1. The third-order valence-electron chi connectivity index (χ3n) is 6.74. The Bertz CT molecular complexity index is 1710. The van der Waals surface area contributed by atoms with Gasteiger partial charge in [0.05, 0.1) is 17.2 Å². The molecule has 1 saturated carbocycles. The molecule has 214 valence electrons. The molecule has 3 aromatic rings. The van der Waals surface area contributed by atoms with Crippen LogP contribution in [0.4, 0.5) is 4.39 Å². The third kappa shape index (κ3) is 7.17. The van der Waals surface area contributed by atoms with Crippen LogP contribution >= 0.6 is 11.6 Å². The molecule has 0 bridgehead atoms. The Hall–Kier alpha value is -3.65. The molecule has 1 fully saturated rings. The number of hydrogen-bond acceptors (Lipinski definition) is 5. The third-order valence-corrected chi connectivity index (χ3v) is 8.69. The number of guanidine groups is 1. The lowest BCUT2D eigenvalue weighted by Crippen LogP contribution is -2.50. The van der Waals surface area contributed by atoms with Gasteiger partial charge in [0.2, 0.25) is 5.96 Å². The molecule has 0 unspecified atom stereocenters. The summed E-state index contributed by atoms with van der Waals surface area (Å²) in [5.41, 5.74) is 2.26. The summed E-state index contributed by atoms with van der Waals surface area (Å²) in [6.07, 6.45) is 2.23. The van der Waals surface area contributed by atoms with Gasteiger partial charge in [-0.25, -0.2) is 14.5 Å². The Labute approximate surface area is 242 Å². The van der Waals surface area contributed by atoms with E-state index in [2.05, 4.69) is 14.1 Å². The van der Waals surface area contributed by atoms with Crippen molar-refractivity contribution >= 4 is 49.7 Å². The van der Waals surface area contributed by atoms with Crippen LogP contribution in [0, 0.1) is 11.7 Å². The molecule has 1 heterocycles. The van der Waals surface area contributed by atoms with E-state index in [1.165, 1.54) is 47.6 Å². The van der Waals surface area contributed by atoms with Crippen LogP contribution in [0.3, 0.4) is 0 Å². The summed E-state index contributed by atoms with van der Waals surface area (Å²) in [4.78, 5) is -0.0467. The van der Waals surface area contributed by atoms with Gasteiger partial charge >= 0.3 is 10.2 Å². The lowest BCUT2D eigenvalue weighted by atomic mass is 9.81. The number of nitrogens with one attached hydrogen (secondary N) is 1. The highest BCUT2D eigenvalue weighted by Crippen LogP contribution is 2.31. The van der Waals surface area contributed by atoms with Gasteiger partial charge in [0.15, 0.2) is 0 Å². The first-order valence-electron chi connectivity index (χ1n) is 12.6. The number of sulfonamides is 1. The highest BCUT2D eigenvalue weighted by Gasteiger charge is 2.36. The number of nitrogens with zero attached hydrogens (tertiary/aromatic N) is 4. The molecule has 14 heteroatoms. The van der Waals surface area contributed by atoms with Crippen molar-refractivity contribution in [3.63, 3.8) is 0 Å². The van der Waals surface area contributed by atoms with Crippen molar-refractivity contribution in [2.75, 3.05) is 6.54 Å². The van der Waals surface area contributed by atoms with E-state index >= 15 is 0 Å². The zero-order chi connectivity index (χ0) is 29.2. The van der Waals surface area contributed by atoms with Crippen molar-refractivity contribution in [3.8, 4) is 0 Å². The minimum Gasteiger partial charge on any atom is -0.351 e. The van der Waals surface area contributed by atoms with Crippen LogP contribution < -0.4 is 10.5 Å². The maximum absolute atomic E-state index is 13.7. The molecule has 1 atom stereocenters. The molecule has 3 N–H and O–H groups in total. The first-order chi connectivity index (χ1) is 19.5. The van der Waals surface area contributed by atoms with Crippen LogP contribution in [0.1, 0.15) is 29.9 Å². The molecular formula is C27H26ClFN6O4S2. The molecule has 0 saturated heterocycles. The Morgan fingerprint density at radius 3 is 2.29 bits per heavy atom. The SMILES string of the molecule is NS(=O)(=O)/N=C/C1CC(N/C(=N\S(=O)(=O)c2ccc(Cl)cc2)N2C[C@H](c3ccccc3)C(c3ccc(F)cc3)=N2)C1. The molecule has 1 aliphatic heterocycles. The lowest BCUT2D eigenvalue weighted by molar-refractivity contribution is 0.308. The maximum atomic E-state index is 13.7. The molecule has 0 aromatic heterocycles. The van der Waals surface area contributed by atoms with Gasteiger partial charge in [0.25, 0.3) is 10.0 Å². The summed E-state index contributed by atoms with van der Waals surface area (Å²) < 4.78 is 70.2. The fourth-order valence-electron chi connectivity index (χ4n) is 4.64. The highest BCUT2D eigenvalue weighted by molar-refractivity contribution is 7.90. The van der Waals surface area contributed by atoms with Crippen molar-refractivity contribution in [1.29, 1.82) is 0 Å². The Morgan fingerprint density at radius 1 is 1.00 bits per heavy atom. The number of nitrogens with two attached hydrogens (primary N) is 1. The second-order valence-corrected chi connectivity index (χ2v) is 13.0. The number of halogens is 2. The predicted octanol–water partition coefficient (Wildman–Crippen LogP) is 3.67. The molecule has 41 heavy (non-hydrogen) atoms. The van der Waals surface area contributed by atoms with Gasteiger partial charge in [-0.05, 0) is 66.3 Å². The van der Waals surface area contributed by atoms with Crippen LogP contribution in [0.5, 0.6) is 0 Å². The molecule has 0 amide bonds. The van der Waals surface area contributed by atoms with E-state index in [9.17, 15) is 21.2 Å². The van der Waals surface area contributed by atoms with E-state index in [4.69, 9.17) is 21.8 Å². The minimum atomic E-state index is -4.17. The zero-order valence-electron chi connectivity index (χ0n) is 21.5. The molecular weight excluding hydrogens is 591 g/mol. The Morgan fingerprint density at radius 2 is 1.66 bits per heavy atom. The van der Waals surface area contributed by atoms with Gasteiger partial charge in [-0.2, -0.15) is 26.3 Å². The average Bonchev–Trinajstić information content (AvgIpc) is 3.35. The van der Waals surface area contributed by atoms with E-state index in [1.54, 1.807) is 12.1 Å². The second kappa shape index (κ2) is 11.7. The van der Waals surface area contributed by atoms with Crippen LogP contribution in [-0.2, 0) is 20.2 Å². The minimum absolute atomic E-state index is 0.00447. The lowest BCUT2D eigenvalue weighted by Gasteiger charge is -2.35. The zero-order valence-corrected chi connectivity index (χ0v) is 23.9. The van der Waals surface area contributed by atoms with E-state index in [0.29, 0.717) is 29.1 Å². The topological polar surface area (TPSA) is 147 Å². The second-order valence-electron chi connectivity index (χ2n) is 9.72. The summed E-state index contributed by atoms with van der Waals surface area (Å²) in [6.45, 7) is 0.266. The Kier molecular flexibility index (Phi) is 8.23. The van der Waals surface area contributed by atoms with Gasteiger partial charge in [0.1, 0.15) is 5.82 Å². The molecule has 0 radical (unpaired) electrons. The van der Waals surface area contributed by atoms with Crippen molar-refractivity contribution in [3.05, 3.63) is 101 Å². The van der Waals surface area contributed by atoms with E-state index in [0.717, 1.165) is 5.56 Å². The molecule has 0 spiro atoms. The summed E-state index contributed by atoms with van der Waals surface area (Å²) in [6, 6.07) is 21.0. The first-order valence-corrected chi connectivity index (χ1v) is 15.9. The average molecular weight is 617 g/mol. The van der Waals surface area contributed by atoms with Crippen molar-refractivity contribution in [1.82, 2.24) is 10.3 Å². The predicted molar refractivity (Wildman–Crippen MR) is 156 cm³/mol. The van der Waals surface area contributed by atoms with Crippen molar-refractivity contribution in [2.24, 2.45) is 25.0 Å². The van der Waals surface area contributed by atoms with Crippen molar-refractivity contribution < 1.29 is 21.2 Å². The summed E-state index contributed by atoms with van der Waals surface area (Å²) in [5, 5.41) is 14.8. The Balaban J connectivity index is 1.50. The van der Waals surface area contributed by atoms with E-state index < -0.39 is 20.2 Å². The van der Waals surface area contributed by atoms with Crippen LogP contribution in [-0.4, -0.2) is 52.3 Å². The van der Waals surface area contributed by atoms with Gasteiger partial charge in [-0.15, -0.1) is 4.40 Å². The number of benzene rings is 3. The van der Waals surface area contributed by atoms with E-state index in [1.807, 2.05) is 30.3 Å². The number of hydrazone groups is 1. The van der Waals surface area contributed by atoms with Gasteiger partial charge < -0.3 is 5.32 Å². The quantitative estimate of drug-likeness (QED) is 0.306. The van der Waals surface area contributed by atoms with Gasteiger partial charge in [0, 0.05) is 23.2 Å². The summed E-state index contributed by atoms with van der Waals surface area (Å²) in [5.74, 6) is -0.800. The smallest absolute Gasteiger partial charge is 0.316 e.